The SMILES string of the molecule is CC(C)CC(NC(=O)c1ccc(Cl)cc1Cl)C(=O)NCCCOCC1CC1. The molecule has 2 N–H and O–H groups in total. The Labute approximate surface area is 171 Å². The quantitative estimate of drug-likeness (QED) is 0.536. The van der Waals surface area contributed by atoms with Crippen LogP contribution < -0.4 is 10.6 Å². The highest BCUT2D eigenvalue weighted by Gasteiger charge is 2.23. The van der Waals surface area contributed by atoms with Gasteiger partial charge in [-0.1, -0.05) is 37.0 Å². The van der Waals surface area contributed by atoms with E-state index in [-0.39, 0.29) is 22.8 Å². The Balaban J connectivity index is 1.82. The lowest BCUT2D eigenvalue weighted by Gasteiger charge is -2.20. The van der Waals surface area contributed by atoms with Crippen molar-refractivity contribution >= 4 is 35.0 Å². The summed E-state index contributed by atoms with van der Waals surface area (Å²) in [7, 11) is 0. The van der Waals surface area contributed by atoms with Crippen LogP contribution in [0.3, 0.4) is 0 Å². The van der Waals surface area contributed by atoms with E-state index in [2.05, 4.69) is 10.6 Å². The molecule has 1 aromatic rings. The number of hydrogen-bond donors (Lipinski definition) is 2. The summed E-state index contributed by atoms with van der Waals surface area (Å²) in [4.78, 5) is 25.0. The van der Waals surface area contributed by atoms with Crippen LogP contribution in [0, 0.1) is 11.8 Å². The smallest absolute Gasteiger partial charge is 0.253 e. The molecular weight excluding hydrogens is 387 g/mol. The molecule has 1 fully saturated rings. The highest BCUT2D eigenvalue weighted by atomic mass is 35.5. The Morgan fingerprint density at radius 3 is 2.63 bits per heavy atom. The van der Waals surface area contributed by atoms with Crippen LogP contribution in [0.1, 0.15) is 49.9 Å². The highest BCUT2D eigenvalue weighted by Crippen LogP contribution is 2.28. The molecule has 2 amide bonds. The van der Waals surface area contributed by atoms with Crippen molar-refractivity contribution in [2.75, 3.05) is 19.8 Å². The molecule has 150 valence electrons. The molecule has 0 saturated heterocycles. The number of amides is 2. The molecule has 0 aromatic heterocycles. The van der Waals surface area contributed by atoms with Crippen molar-refractivity contribution in [2.24, 2.45) is 11.8 Å². The first kappa shape index (κ1) is 22.0. The third-order valence-electron chi connectivity index (χ3n) is 4.32. The third-order valence-corrected chi connectivity index (χ3v) is 4.87. The number of hydrogen-bond acceptors (Lipinski definition) is 3. The van der Waals surface area contributed by atoms with E-state index in [0.29, 0.717) is 30.2 Å². The lowest BCUT2D eigenvalue weighted by molar-refractivity contribution is -0.123. The first-order valence-electron chi connectivity index (χ1n) is 9.48. The Morgan fingerprint density at radius 2 is 2.00 bits per heavy atom. The van der Waals surface area contributed by atoms with Crippen molar-refractivity contribution in [1.29, 1.82) is 0 Å². The zero-order valence-corrected chi connectivity index (χ0v) is 17.4. The molecule has 1 saturated carbocycles. The molecule has 1 aliphatic rings. The number of ether oxygens (including phenoxy) is 1. The van der Waals surface area contributed by atoms with Gasteiger partial charge in [0.2, 0.25) is 5.91 Å². The predicted octanol–water partition coefficient (Wildman–Crippen LogP) is 4.07. The average Bonchev–Trinajstić information content (AvgIpc) is 3.40. The van der Waals surface area contributed by atoms with Crippen molar-refractivity contribution in [3.63, 3.8) is 0 Å². The van der Waals surface area contributed by atoms with Crippen LogP contribution in [0.25, 0.3) is 0 Å². The van der Waals surface area contributed by atoms with E-state index in [9.17, 15) is 9.59 Å². The maximum atomic E-state index is 12.5. The maximum Gasteiger partial charge on any atom is 0.253 e. The Morgan fingerprint density at radius 1 is 1.26 bits per heavy atom. The second-order valence-electron chi connectivity index (χ2n) is 7.44. The summed E-state index contributed by atoms with van der Waals surface area (Å²) in [5, 5.41) is 6.39. The topological polar surface area (TPSA) is 67.4 Å². The summed E-state index contributed by atoms with van der Waals surface area (Å²) in [6.45, 7) is 6.00. The van der Waals surface area contributed by atoms with Crippen LogP contribution in [0.5, 0.6) is 0 Å². The minimum absolute atomic E-state index is 0.190. The molecule has 0 heterocycles. The molecular formula is C20H28Cl2N2O3. The minimum Gasteiger partial charge on any atom is -0.381 e. The van der Waals surface area contributed by atoms with Gasteiger partial charge in [0.25, 0.3) is 5.91 Å². The number of nitrogens with one attached hydrogen (secondary N) is 2. The minimum atomic E-state index is -0.614. The fourth-order valence-corrected chi connectivity index (χ4v) is 3.15. The molecule has 1 unspecified atom stereocenters. The van der Waals surface area contributed by atoms with Crippen molar-refractivity contribution in [3.05, 3.63) is 33.8 Å². The van der Waals surface area contributed by atoms with Crippen LogP contribution in [0.15, 0.2) is 18.2 Å². The van der Waals surface area contributed by atoms with E-state index >= 15 is 0 Å². The van der Waals surface area contributed by atoms with Gasteiger partial charge in [-0.15, -0.1) is 0 Å². The molecule has 0 radical (unpaired) electrons. The zero-order valence-electron chi connectivity index (χ0n) is 15.9. The normalized spacial score (nSPS) is 14.9. The number of halogens is 2. The Kier molecular flexibility index (Phi) is 8.87. The predicted molar refractivity (Wildman–Crippen MR) is 108 cm³/mol. The third kappa shape index (κ3) is 8.08. The van der Waals surface area contributed by atoms with Crippen molar-refractivity contribution < 1.29 is 14.3 Å². The molecule has 5 nitrogen and oxygen atoms in total. The molecule has 1 aliphatic carbocycles. The van der Waals surface area contributed by atoms with Gasteiger partial charge in [-0.2, -0.15) is 0 Å². The van der Waals surface area contributed by atoms with Crippen molar-refractivity contribution in [3.8, 4) is 0 Å². The summed E-state index contributed by atoms with van der Waals surface area (Å²) in [6, 6.07) is 4.05. The standard InChI is InChI=1S/C20H28Cl2N2O3/c1-13(2)10-18(20(26)23-8-3-9-27-12-14-4-5-14)24-19(25)16-7-6-15(21)11-17(16)22/h6-7,11,13-14,18H,3-5,8-10,12H2,1-2H3,(H,23,26)(H,24,25). The molecule has 7 heteroatoms. The van der Waals surface area contributed by atoms with Crippen molar-refractivity contribution in [2.45, 2.75) is 45.6 Å². The summed E-state index contributed by atoms with van der Waals surface area (Å²) < 4.78 is 5.56. The first-order chi connectivity index (χ1) is 12.9. The van der Waals surface area contributed by atoms with Crippen LogP contribution >= 0.6 is 23.2 Å². The zero-order chi connectivity index (χ0) is 19.8. The number of benzene rings is 1. The van der Waals surface area contributed by atoms with Crippen molar-refractivity contribution in [1.82, 2.24) is 10.6 Å². The average molecular weight is 415 g/mol. The monoisotopic (exact) mass is 414 g/mol. The number of carbonyl (C=O) groups is 2. The largest absolute Gasteiger partial charge is 0.381 e. The highest BCUT2D eigenvalue weighted by molar-refractivity contribution is 6.36. The molecule has 1 atom stereocenters. The van der Waals surface area contributed by atoms with Crippen LogP contribution in [-0.2, 0) is 9.53 Å². The summed E-state index contributed by atoms with van der Waals surface area (Å²) in [5.41, 5.74) is 0.302. The van der Waals surface area contributed by atoms with Gasteiger partial charge in [0.15, 0.2) is 0 Å². The Bertz CT molecular complexity index is 648. The van der Waals surface area contributed by atoms with Gasteiger partial charge in [-0.05, 0) is 55.7 Å². The Hall–Kier alpha value is -1.30. The van der Waals surface area contributed by atoms with Crippen LogP contribution in [0.4, 0.5) is 0 Å². The number of rotatable bonds is 11. The molecule has 0 spiro atoms. The van der Waals surface area contributed by atoms with E-state index in [1.165, 1.54) is 18.9 Å². The van der Waals surface area contributed by atoms with Gasteiger partial charge in [0.1, 0.15) is 6.04 Å². The first-order valence-corrected chi connectivity index (χ1v) is 10.2. The molecule has 0 aliphatic heterocycles. The van der Waals surface area contributed by atoms with Crippen LogP contribution in [0.2, 0.25) is 10.0 Å². The molecule has 2 rings (SSSR count). The maximum absolute atomic E-state index is 12.5. The molecule has 27 heavy (non-hydrogen) atoms. The van der Waals surface area contributed by atoms with Gasteiger partial charge >= 0.3 is 0 Å². The number of carbonyl (C=O) groups excluding carboxylic acids is 2. The van der Waals surface area contributed by atoms with Crippen LogP contribution in [-0.4, -0.2) is 37.6 Å². The summed E-state index contributed by atoms with van der Waals surface area (Å²) >= 11 is 12.0. The van der Waals surface area contributed by atoms with E-state index < -0.39 is 6.04 Å². The van der Waals surface area contributed by atoms with E-state index in [0.717, 1.165) is 18.9 Å². The summed E-state index contributed by atoms with van der Waals surface area (Å²) in [5.74, 6) is 0.420. The van der Waals surface area contributed by atoms with E-state index in [1.807, 2.05) is 13.8 Å². The van der Waals surface area contributed by atoms with Gasteiger partial charge in [-0.3, -0.25) is 9.59 Å². The fourth-order valence-electron chi connectivity index (χ4n) is 2.66. The van der Waals surface area contributed by atoms with Gasteiger partial charge < -0.3 is 15.4 Å². The van der Waals surface area contributed by atoms with E-state index in [4.69, 9.17) is 27.9 Å². The van der Waals surface area contributed by atoms with E-state index in [1.54, 1.807) is 12.1 Å². The molecule has 1 aromatic carbocycles. The van der Waals surface area contributed by atoms with Gasteiger partial charge in [0, 0.05) is 24.8 Å². The lowest BCUT2D eigenvalue weighted by Crippen LogP contribution is -2.47. The molecule has 0 bridgehead atoms. The van der Waals surface area contributed by atoms with Gasteiger partial charge in [-0.25, -0.2) is 0 Å². The second-order valence-corrected chi connectivity index (χ2v) is 8.29. The second kappa shape index (κ2) is 10.9. The summed E-state index contributed by atoms with van der Waals surface area (Å²) in [6.07, 6.45) is 3.83. The fraction of sp³-hybridized carbons (Fsp3) is 0.600. The lowest BCUT2D eigenvalue weighted by atomic mass is 10.0. The van der Waals surface area contributed by atoms with Gasteiger partial charge in [0.05, 0.1) is 10.6 Å².